The lowest BCUT2D eigenvalue weighted by Gasteiger charge is -2.13. The summed E-state index contributed by atoms with van der Waals surface area (Å²) in [5.41, 5.74) is 8.20. The molecule has 3 rings (SSSR count). The van der Waals surface area contributed by atoms with E-state index in [1.807, 2.05) is 41.8 Å². The standard InChI is InChI=1S/C15H13NOS/c16-12-5-1-4-11(9-12)14(17)13-6-2-3-10-7-8-18-15(10)13/h1-9,14,17H,16H2. The first-order valence-corrected chi connectivity index (χ1v) is 6.63. The Labute approximate surface area is 109 Å². The predicted octanol–water partition coefficient (Wildman–Crippen LogP) is 3.57. The van der Waals surface area contributed by atoms with Gasteiger partial charge in [-0.05, 0) is 34.5 Å². The maximum Gasteiger partial charge on any atom is 0.106 e. The van der Waals surface area contributed by atoms with Crippen LogP contribution in [0.15, 0.2) is 53.9 Å². The molecule has 0 spiro atoms. The van der Waals surface area contributed by atoms with Crippen molar-refractivity contribution >= 4 is 27.1 Å². The number of hydrogen-bond acceptors (Lipinski definition) is 3. The van der Waals surface area contributed by atoms with Gasteiger partial charge in [0.15, 0.2) is 0 Å². The molecule has 90 valence electrons. The van der Waals surface area contributed by atoms with E-state index >= 15 is 0 Å². The summed E-state index contributed by atoms with van der Waals surface area (Å²) < 4.78 is 1.13. The molecule has 0 amide bonds. The second kappa shape index (κ2) is 4.44. The molecule has 1 atom stereocenters. The third-order valence-corrected chi connectivity index (χ3v) is 4.01. The number of nitrogens with two attached hydrogens (primary N) is 1. The number of anilines is 1. The number of hydrogen-bond donors (Lipinski definition) is 2. The number of fused-ring (bicyclic) bond motifs is 1. The Morgan fingerprint density at radius 2 is 1.89 bits per heavy atom. The van der Waals surface area contributed by atoms with Crippen molar-refractivity contribution in [2.24, 2.45) is 0 Å². The van der Waals surface area contributed by atoms with E-state index in [-0.39, 0.29) is 0 Å². The quantitative estimate of drug-likeness (QED) is 0.688. The van der Waals surface area contributed by atoms with E-state index in [0.717, 1.165) is 15.8 Å². The van der Waals surface area contributed by atoms with Crippen molar-refractivity contribution in [3.8, 4) is 0 Å². The summed E-state index contributed by atoms with van der Waals surface area (Å²) in [7, 11) is 0. The zero-order valence-electron chi connectivity index (χ0n) is 9.71. The van der Waals surface area contributed by atoms with Crippen molar-refractivity contribution in [1.29, 1.82) is 0 Å². The highest BCUT2D eigenvalue weighted by Gasteiger charge is 2.14. The van der Waals surface area contributed by atoms with Crippen LogP contribution in [0.2, 0.25) is 0 Å². The van der Waals surface area contributed by atoms with Gasteiger partial charge in [-0.2, -0.15) is 0 Å². The molecule has 3 N–H and O–H groups in total. The minimum Gasteiger partial charge on any atom is -0.399 e. The third-order valence-electron chi connectivity index (χ3n) is 3.03. The summed E-state index contributed by atoms with van der Waals surface area (Å²) in [6, 6.07) is 15.5. The van der Waals surface area contributed by atoms with Gasteiger partial charge in [-0.3, -0.25) is 0 Å². The first kappa shape index (κ1) is 11.3. The van der Waals surface area contributed by atoms with Crippen LogP contribution in [0, 0.1) is 0 Å². The van der Waals surface area contributed by atoms with Crippen LogP contribution in [-0.4, -0.2) is 5.11 Å². The molecule has 1 aromatic heterocycles. The van der Waals surface area contributed by atoms with E-state index < -0.39 is 6.10 Å². The Morgan fingerprint density at radius 3 is 2.72 bits per heavy atom. The zero-order chi connectivity index (χ0) is 12.5. The van der Waals surface area contributed by atoms with E-state index in [1.165, 1.54) is 5.39 Å². The van der Waals surface area contributed by atoms with Gasteiger partial charge in [-0.25, -0.2) is 0 Å². The second-order valence-corrected chi connectivity index (χ2v) is 5.17. The molecule has 0 saturated carbocycles. The lowest BCUT2D eigenvalue weighted by atomic mass is 10.00. The molecule has 3 aromatic rings. The Kier molecular flexibility index (Phi) is 2.78. The fourth-order valence-corrected chi connectivity index (χ4v) is 3.08. The van der Waals surface area contributed by atoms with E-state index in [0.29, 0.717) is 5.69 Å². The molecule has 1 unspecified atom stereocenters. The molecular formula is C15H13NOS. The third kappa shape index (κ3) is 1.88. The highest BCUT2D eigenvalue weighted by atomic mass is 32.1. The normalized spacial score (nSPS) is 12.7. The molecule has 0 saturated heterocycles. The van der Waals surface area contributed by atoms with Crippen LogP contribution in [-0.2, 0) is 0 Å². The SMILES string of the molecule is Nc1cccc(C(O)c2cccc3ccsc23)c1. The number of thiophene rings is 1. The van der Waals surface area contributed by atoms with Crippen molar-refractivity contribution in [2.45, 2.75) is 6.10 Å². The fraction of sp³-hybridized carbons (Fsp3) is 0.0667. The van der Waals surface area contributed by atoms with Gasteiger partial charge in [-0.1, -0.05) is 30.3 Å². The minimum atomic E-state index is -0.629. The second-order valence-electron chi connectivity index (χ2n) is 4.26. The number of benzene rings is 2. The van der Waals surface area contributed by atoms with Crippen LogP contribution in [0.1, 0.15) is 17.2 Å². The molecule has 1 heterocycles. The summed E-state index contributed by atoms with van der Waals surface area (Å²) in [5.74, 6) is 0. The fourth-order valence-electron chi connectivity index (χ4n) is 2.14. The van der Waals surface area contributed by atoms with Gasteiger partial charge in [0.1, 0.15) is 6.10 Å². The van der Waals surface area contributed by atoms with Gasteiger partial charge < -0.3 is 10.8 Å². The van der Waals surface area contributed by atoms with Gasteiger partial charge in [-0.15, -0.1) is 11.3 Å². The average Bonchev–Trinajstić information content (AvgIpc) is 2.86. The topological polar surface area (TPSA) is 46.2 Å². The first-order valence-electron chi connectivity index (χ1n) is 5.75. The van der Waals surface area contributed by atoms with Gasteiger partial charge in [0.05, 0.1) is 0 Å². The molecule has 2 aromatic carbocycles. The van der Waals surface area contributed by atoms with Crippen LogP contribution in [0.25, 0.3) is 10.1 Å². The van der Waals surface area contributed by atoms with Crippen LogP contribution in [0.3, 0.4) is 0 Å². The van der Waals surface area contributed by atoms with Crippen LogP contribution < -0.4 is 5.73 Å². The molecular weight excluding hydrogens is 242 g/mol. The molecule has 0 aliphatic carbocycles. The predicted molar refractivity (Wildman–Crippen MR) is 76.7 cm³/mol. The minimum absolute atomic E-state index is 0.629. The molecule has 0 fully saturated rings. The van der Waals surface area contributed by atoms with E-state index in [1.54, 1.807) is 11.3 Å². The average molecular weight is 255 g/mol. The first-order chi connectivity index (χ1) is 8.75. The number of nitrogen functional groups attached to an aromatic ring is 1. The molecule has 3 heteroatoms. The maximum atomic E-state index is 10.5. The summed E-state index contributed by atoms with van der Waals surface area (Å²) in [4.78, 5) is 0. The van der Waals surface area contributed by atoms with Crippen molar-refractivity contribution in [3.63, 3.8) is 0 Å². The zero-order valence-corrected chi connectivity index (χ0v) is 10.5. The Morgan fingerprint density at radius 1 is 1.06 bits per heavy atom. The highest BCUT2D eigenvalue weighted by molar-refractivity contribution is 7.17. The Bertz CT molecular complexity index is 690. The lowest BCUT2D eigenvalue weighted by Crippen LogP contribution is -2.00. The summed E-state index contributed by atoms with van der Waals surface area (Å²) in [6.45, 7) is 0. The lowest BCUT2D eigenvalue weighted by molar-refractivity contribution is 0.222. The van der Waals surface area contributed by atoms with Crippen molar-refractivity contribution in [3.05, 3.63) is 65.0 Å². The molecule has 0 aliphatic rings. The highest BCUT2D eigenvalue weighted by Crippen LogP contribution is 2.32. The molecule has 0 aliphatic heterocycles. The van der Waals surface area contributed by atoms with Crippen molar-refractivity contribution in [1.82, 2.24) is 0 Å². The summed E-state index contributed by atoms with van der Waals surface area (Å²) >= 11 is 1.65. The molecule has 18 heavy (non-hydrogen) atoms. The van der Waals surface area contributed by atoms with Gasteiger partial charge >= 0.3 is 0 Å². The number of aliphatic hydroxyl groups is 1. The van der Waals surface area contributed by atoms with E-state index in [2.05, 4.69) is 12.1 Å². The van der Waals surface area contributed by atoms with Gasteiger partial charge in [0, 0.05) is 16.0 Å². The summed E-state index contributed by atoms with van der Waals surface area (Å²) in [6.07, 6.45) is -0.629. The van der Waals surface area contributed by atoms with Crippen LogP contribution in [0.5, 0.6) is 0 Å². The van der Waals surface area contributed by atoms with Gasteiger partial charge in [0.25, 0.3) is 0 Å². The monoisotopic (exact) mass is 255 g/mol. The van der Waals surface area contributed by atoms with Crippen LogP contribution >= 0.6 is 11.3 Å². The largest absolute Gasteiger partial charge is 0.399 e. The number of aliphatic hydroxyl groups excluding tert-OH is 1. The molecule has 0 radical (unpaired) electrons. The van der Waals surface area contributed by atoms with Gasteiger partial charge in [0.2, 0.25) is 0 Å². The summed E-state index contributed by atoms with van der Waals surface area (Å²) in [5, 5.41) is 13.7. The van der Waals surface area contributed by atoms with E-state index in [9.17, 15) is 5.11 Å². The molecule has 2 nitrogen and oxygen atoms in total. The Balaban J connectivity index is 2.12. The van der Waals surface area contributed by atoms with E-state index in [4.69, 9.17) is 5.73 Å². The van der Waals surface area contributed by atoms with Crippen molar-refractivity contribution in [2.75, 3.05) is 5.73 Å². The number of rotatable bonds is 2. The van der Waals surface area contributed by atoms with Crippen molar-refractivity contribution < 1.29 is 5.11 Å². The molecule has 0 bridgehead atoms. The maximum absolute atomic E-state index is 10.5. The Hall–Kier alpha value is -1.84. The van der Waals surface area contributed by atoms with Crippen LogP contribution in [0.4, 0.5) is 5.69 Å². The smallest absolute Gasteiger partial charge is 0.106 e.